The third-order valence-electron chi connectivity index (χ3n) is 3.31. The van der Waals surface area contributed by atoms with E-state index in [9.17, 15) is 22.8 Å². The number of nitrogens with zero attached hydrogens (tertiary/aromatic N) is 1. The first-order valence-electron chi connectivity index (χ1n) is 7.45. The molecule has 0 fully saturated rings. The molecule has 0 spiro atoms. The molecular weight excluding hydrogens is 387 g/mol. The first-order chi connectivity index (χ1) is 12.1. The Hall–Kier alpha value is -2.07. The van der Waals surface area contributed by atoms with Gasteiger partial charge in [0.25, 0.3) is 0 Å². The molecule has 0 aliphatic heterocycles. The van der Waals surface area contributed by atoms with Crippen molar-refractivity contribution in [3.8, 4) is 0 Å². The molecule has 140 valence electrons. The molecule has 2 rings (SSSR count). The smallest absolute Gasteiger partial charge is 0.369 e. The number of alkyl halides is 3. The number of nitrogens with two attached hydrogens (primary N) is 1. The van der Waals surface area contributed by atoms with Crippen molar-refractivity contribution in [1.82, 2.24) is 4.98 Å². The maximum Gasteiger partial charge on any atom is 0.416 e. The van der Waals surface area contributed by atoms with E-state index in [1.165, 1.54) is 23.5 Å². The number of carbonyl (C=O) groups excluding carboxylic acids is 2. The standard InChI is InChI=1S/C16H16F3N3O2S2/c1-8-12(7-13(20)23)26-15(21-8)25-9(2)14(24)22-11-5-3-4-10(6-11)16(17,18)19/h3-6,9H,7H2,1-2H3,(H2,20,23)(H,22,24)/t9-/m0/s1. The summed E-state index contributed by atoms with van der Waals surface area (Å²) in [5, 5.41) is 1.88. The monoisotopic (exact) mass is 403 g/mol. The minimum Gasteiger partial charge on any atom is -0.369 e. The molecule has 5 nitrogen and oxygen atoms in total. The van der Waals surface area contributed by atoms with Crippen LogP contribution in [0.25, 0.3) is 0 Å². The summed E-state index contributed by atoms with van der Waals surface area (Å²) in [6.07, 6.45) is -4.40. The molecule has 0 saturated heterocycles. The summed E-state index contributed by atoms with van der Waals surface area (Å²) in [5.41, 5.74) is 5.08. The second-order valence-electron chi connectivity index (χ2n) is 5.46. The van der Waals surface area contributed by atoms with Gasteiger partial charge in [0.05, 0.1) is 22.9 Å². The van der Waals surface area contributed by atoms with Gasteiger partial charge >= 0.3 is 6.18 Å². The molecule has 0 unspecified atom stereocenters. The highest BCUT2D eigenvalue weighted by Crippen LogP contribution is 2.32. The van der Waals surface area contributed by atoms with Crippen molar-refractivity contribution in [2.24, 2.45) is 5.73 Å². The zero-order chi connectivity index (χ0) is 19.5. The molecule has 1 aromatic carbocycles. The quantitative estimate of drug-likeness (QED) is 0.722. The second-order valence-corrected chi connectivity index (χ2v) is 8.13. The average Bonchev–Trinajstić information content (AvgIpc) is 2.85. The van der Waals surface area contributed by atoms with E-state index in [2.05, 4.69) is 10.3 Å². The molecular formula is C16H16F3N3O2S2. The lowest BCUT2D eigenvalue weighted by Gasteiger charge is -2.12. The molecule has 0 radical (unpaired) electrons. The molecule has 26 heavy (non-hydrogen) atoms. The van der Waals surface area contributed by atoms with Gasteiger partial charge in [-0.15, -0.1) is 11.3 Å². The topological polar surface area (TPSA) is 85.1 Å². The van der Waals surface area contributed by atoms with E-state index in [0.29, 0.717) is 10.0 Å². The van der Waals surface area contributed by atoms with Gasteiger partial charge in [0, 0.05) is 10.6 Å². The maximum atomic E-state index is 12.7. The Balaban J connectivity index is 2.03. The highest BCUT2D eigenvalue weighted by atomic mass is 32.2. The van der Waals surface area contributed by atoms with Crippen LogP contribution in [0.4, 0.5) is 18.9 Å². The van der Waals surface area contributed by atoms with Crippen LogP contribution in [-0.4, -0.2) is 22.0 Å². The lowest BCUT2D eigenvalue weighted by Crippen LogP contribution is -2.22. The Kier molecular flexibility index (Phi) is 6.30. The van der Waals surface area contributed by atoms with Crippen molar-refractivity contribution >= 4 is 40.6 Å². The largest absolute Gasteiger partial charge is 0.416 e. The molecule has 10 heteroatoms. The number of aromatic nitrogens is 1. The fourth-order valence-corrected chi connectivity index (χ4v) is 4.38. The Morgan fingerprint density at radius 2 is 2.08 bits per heavy atom. The van der Waals surface area contributed by atoms with Gasteiger partial charge in [-0.25, -0.2) is 4.98 Å². The predicted octanol–water partition coefficient (Wildman–Crippen LogP) is 3.62. The maximum absolute atomic E-state index is 12.7. The minimum atomic E-state index is -4.48. The number of amides is 2. The number of hydrogen-bond acceptors (Lipinski definition) is 5. The Morgan fingerprint density at radius 3 is 2.69 bits per heavy atom. The number of thiazole rings is 1. The number of rotatable bonds is 6. The molecule has 0 aliphatic carbocycles. The van der Waals surface area contributed by atoms with Crippen LogP contribution in [0.2, 0.25) is 0 Å². The van der Waals surface area contributed by atoms with E-state index in [0.717, 1.165) is 28.8 Å². The van der Waals surface area contributed by atoms with Crippen LogP contribution in [0, 0.1) is 6.92 Å². The zero-order valence-electron chi connectivity index (χ0n) is 13.9. The third-order valence-corrected chi connectivity index (χ3v) is 5.66. The van der Waals surface area contributed by atoms with Crippen LogP contribution in [0.15, 0.2) is 28.6 Å². The lowest BCUT2D eigenvalue weighted by molar-refractivity contribution is -0.137. The summed E-state index contributed by atoms with van der Waals surface area (Å²) in [4.78, 5) is 28.3. The molecule has 1 atom stereocenters. The third kappa shape index (κ3) is 5.46. The van der Waals surface area contributed by atoms with Gasteiger partial charge in [-0.05, 0) is 32.0 Å². The summed E-state index contributed by atoms with van der Waals surface area (Å²) in [6, 6.07) is 4.44. The van der Waals surface area contributed by atoms with Crippen LogP contribution in [0.1, 0.15) is 23.1 Å². The molecule has 0 bridgehead atoms. The van der Waals surface area contributed by atoms with Crippen molar-refractivity contribution in [1.29, 1.82) is 0 Å². The number of carbonyl (C=O) groups is 2. The number of halogens is 3. The fraction of sp³-hybridized carbons (Fsp3) is 0.312. The highest BCUT2D eigenvalue weighted by molar-refractivity contribution is 8.02. The van der Waals surface area contributed by atoms with Crippen molar-refractivity contribution in [2.75, 3.05) is 5.32 Å². The minimum absolute atomic E-state index is 0.0713. The number of nitrogens with one attached hydrogen (secondary N) is 1. The van der Waals surface area contributed by atoms with Crippen molar-refractivity contribution in [3.63, 3.8) is 0 Å². The van der Waals surface area contributed by atoms with Crippen LogP contribution >= 0.6 is 23.1 Å². The summed E-state index contributed by atoms with van der Waals surface area (Å²) in [7, 11) is 0. The first-order valence-corrected chi connectivity index (χ1v) is 9.15. The average molecular weight is 403 g/mol. The van der Waals surface area contributed by atoms with Gasteiger partial charge in [0.15, 0.2) is 4.34 Å². The number of anilines is 1. The SMILES string of the molecule is Cc1nc(S[C@@H](C)C(=O)Nc2cccc(C(F)(F)F)c2)sc1CC(N)=O. The van der Waals surface area contributed by atoms with Crippen molar-refractivity contribution in [2.45, 2.75) is 36.0 Å². The first kappa shape index (κ1) is 20.2. The lowest BCUT2D eigenvalue weighted by atomic mass is 10.2. The Bertz CT molecular complexity index is 821. The Labute approximate surface area is 156 Å². The van der Waals surface area contributed by atoms with Gasteiger partial charge in [-0.2, -0.15) is 13.2 Å². The molecule has 0 saturated carbocycles. The molecule has 3 N–H and O–H groups in total. The van der Waals surface area contributed by atoms with Crippen LogP contribution in [-0.2, 0) is 22.2 Å². The number of benzene rings is 1. The molecule has 2 amide bonds. The van der Waals surface area contributed by atoms with E-state index in [-0.39, 0.29) is 12.1 Å². The summed E-state index contributed by atoms with van der Waals surface area (Å²) < 4.78 is 38.8. The second kappa shape index (κ2) is 8.09. The van der Waals surface area contributed by atoms with Crippen LogP contribution in [0.5, 0.6) is 0 Å². The molecule has 1 aromatic heterocycles. The van der Waals surface area contributed by atoms with Gasteiger partial charge < -0.3 is 11.1 Å². The van der Waals surface area contributed by atoms with E-state index in [4.69, 9.17) is 5.73 Å². The van der Waals surface area contributed by atoms with Crippen molar-refractivity contribution in [3.05, 3.63) is 40.4 Å². The van der Waals surface area contributed by atoms with E-state index in [1.807, 2.05) is 0 Å². The van der Waals surface area contributed by atoms with Gasteiger partial charge in [0.2, 0.25) is 11.8 Å². The van der Waals surface area contributed by atoms with Gasteiger partial charge in [0.1, 0.15) is 0 Å². The van der Waals surface area contributed by atoms with Crippen molar-refractivity contribution < 1.29 is 22.8 Å². The highest BCUT2D eigenvalue weighted by Gasteiger charge is 2.30. The summed E-state index contributed by atoms with van der Waals surface area (Å²) in [6.45, 7) is 3.37. The molecule has 2 aromatic rings. The van der Waals surface area contributed by atoms with Crippen LogP contribution < -0.4 is 11.1 Å². The van der Waals surface area contributed by atoms with Gasteiger partial charge in [-0.3, -0.25) is 9.59 Å². The number of aryl methyl sites for hydroxylation is 1. The zero-order valence-corrected chi connectivity index (χ0v) is 15.5. The Morgan fingerprint density at radius 1 is 1.38 bits per heavy atom. The normalized spacial score (nSPS) is 12.7. The number of thioether (sulfide) groups is 1. The summed E-state index contributed by atoms with van der Waals surface area (Å²) in [5.74, 6) is -0.915. The van der Waals surface area contributed by atoms with E-state index >= 15 is 0 Å². The number of hydrogen-bond donors (Lipinski definition) is 2. The van der Waals surface area contributed by atoms with E-state index in [1.54, 1.807) is 13.8 Å². The number of primary amides is 1. The van der Waals surface area contributed by atoms with Crippen LogP contribution in [0.3, 0.4) is 0 Å². The molecule has 1 heterocycles. The fourth-order valence-electron chi connectivity index (χ4n) is 2.00. The predicted molar refractivity (Wildman–Crippen MR) is 95.1 cm³/mol. The van der Waals surface area contributed by atoms with E-state index < -0.39 is 28.8 Å². The summed E-state index contributed by atoms with van der Waals surface area (Å²) >= 11 is 2.43. The molecule has 0 aliphatic rings. The van der Waals surface area contributed by atoms with Gasteiger partial charge in [-0.1, -0.05) is 17.8 Å².